The Balaban J connectivity index is 1.66. The van der Waals surface area contributed by atoms with Crippen LogP contribution in [0.4, 0.5) is 0 Å². The van der Waals surface area contributed by atoms with Crippen LogP contribution < -0.4 is 5.32 Å². The van der Waals surface area contributed by atoms with Gasteiger partial charge in [0.25, 0.3) is 0 Å². The standard InChI is InChI=1S/C17H20N4/c1-13(15-6-5-9-18-12-15)19-10-11-21-14(2)20-16-7-3-4-8-17(16)21/h3-9,12-13,19H,10-11H2,1-2H3. The molecule has 0 saturated heterocycles. The first-order chi connectivity index (χ1) is 10.3. The Labute approximate surface area is 124 Å². The van der Waals surface area contributed by atoms with Crippen LogP contribution in [-0.2, 0) is 6.54 Å². The van der Waals surface area contributed by atoms with Crippen molar-refractivity contribution in [1.82, 2.24) is 19.9 Å². The highest BCUT2D eigenvalue weighted by molar-refractivity contribution is 5.75. The van der Waals surface area contributed by atoms with E-state index in [2.05, 4.69) is 58.0 Å². The molecule has 3 rings (SSSR count). The molecule has 4 nitrogen and oxygen atoms in total. The minimum absolute atomic E-state index is 0.300. The van der Waals surface area contributed by atoms with E-state index in [0.29, 0.717) is 6.04 Å². The second kappa shape index (κ2) is 6.06. The molecule has 0 bridgehead atoms. The van der Waals surface area contributed by atoms with E-state index in [-0.39, 0.29) is 0 Å². The van der Waals surface area contributed by atoms with Gasteiger partial charge in [-0.25, -0.2) is 4.98 Å². The molecule has 0 fully saturated rings. The van der Waals surface area contributed by atoms with Crippen LogP contribution >= 0.6 is 0 Å². The summed E-state index contributed by atoms with van der Waals surface area (Å²) in [5.74, 6) is 1.06. The van der Waals surface area contributed by atoms with E-state index in [0.717, 1.165) is 24.4 Å². The average molecular weight is 280 g/mol. The van der Waals surface area contributed by atoms with Crippen molar-refractivity contribution in [3.63, 3.8) is 0 Å². The van der Waals surface area contributed by atoms with Crippen molar-refractivity contribution in [2.75, 3.05) is 6.54 Å². The van der Waals surface area contributed by atoms with Crippen LogP contribution in [0.1, 0.15) is 24.4 Å². The van der Waals surface area contributed by atoms with Crippen LogP contribution in [0.25, 0.3) is 11.0 Å². The van der Waals surface area contributed by atoms with Crippen LogP contribution in [-0.4, -0.2) is 21.1 Å². The Kier molecular flexibility index (Phi) is 3.97. The molecule has 0 aliphatic carbocycles. The number of fused-ring (bicyclic) bond motifs is 1. The summed E-state index contributed by atoms with van der Waals surface area (Å²) in [6.07, 6.45) is 3.72. The number of pyridine rings is 1. The summed E-state index contributed by atoms with van der Waals surface area (Å²) >= 11 is 0. The van der Waals surface area contributed by atoms with Crippen molar-refractivity contribution in [2.45, 2.75) is 26.4 Å². The quantitative estimate of drug-likeness (QED) is 0.781. The molecule has 0 saturated carbocycles. The summed E-state index contributed by atoms with van der Waals surface area (Å²) in [6, 6.07) is 12.6. The molecule has 0 radical (unpaired) electrons. The van der Waals surface area contributed by atoms with Crippen molar-refractivity contribution in [3.8, 4) is 0 Å². The number of hydrogen-bond donors (Lipinski definition) is 1. The van der Waals surface area contributed by atoms with Gasteiger partial charge >= 0.3 is 0 Å². The molecular weight excluding hydrogens is 260 g/mol. The normalized spacial score (nSPS) is 12.7. The topological polar surface area (TPSA) is 42.7 Å². The van der Waals surface area contributed by atoms with Crippen LogP contribution in [0.3, 0.4) is 0 Å². The number of nitrogens with one attached hydrogen (secondary N) is 1. The monoisotopic (exact) mass is 280 g/mol. The maximum atomic E-state index is 4.59. The SMILES string of the molecule is Cc1nc2ccccc2n1CCNC(C)c1cccnc1. The van der Waals surface area contributed by atoms with E-state index >= 15 is 0 Å². The molecule has 3 aromatic rings. The number of benzene rings is 1. The molecule has 2 heterocycles. The number of hydrogen-bond acceptors (Lipinski definition) is 3. The van der Waals surface area contributed by atoms with E-state index in [1.165, 1.54) is 11.1 Å². The number of aryl methyl sites for hydroxylation is 1. The summed E-state index contributed by atoms with van der Waals surface area (Å²) in [4.78, 5) is 8.76. The zero-order valence-corrected chi connectivity index (χ0v) is 12.5. The van der Waals surface area contributed by atoms with E-state index in [9.17, 15) is 0 Å². The second-order valence-corrected chi connectivity index (χ2v) is 5.26. The lowest BCUT2D eigenvalue weighted by molar-refractivity contribution is 0.530. The van der Waals surface area contributed by atoms with E-state index in [4.69, 9.17) is 0 Å². The number of imidazole rings is 1. The lowest BCUT2D eigenvalue weighted by Gasteiger charge is -2.14. The smallest absolute Gasteiger partial charge is 0.106 e. The highest BCUT2D eigenvalue weighted by Gasteiger charge is 2.08. The summed E-state index contributed by atoms with van der Waals surface area (Å²) < 4.78 is 2.26. The van der Waals surface area contributed by atoms with Gasteiger partial charge in [-0.05, 0) is 37.6 Å². The molecule has 0 aliphatic rings. The second-order valence-electron chi connectivity index (χ2n) is 5.26. The van der Waals surface area contributed by atoms with Gasteiger partial charge in [0.1, 0.15) is 5.82 Å². The lowest BCUT2D eigenvalue weighted by Crippen LogP contribution is -2.23. The van der Waals surface area contributed by atoms with Gasteiger partial charge in [0.15, 0.2) is 0 Å². The van der Waals surface area contributed by atoms with Gasteiger partial charge in [-0.1, -0.05) is 18.2 Å². The fraction of sp³-hybridized carbons (Fsp3) is 0.294. The summed E-state index contributed by atoms with van der Waals surface area (Å²) in [7, 11) is 0. The van der Waals surface area contributed by atoms with Crippen molar-refractivity contribution in [1.29, 1.82) is 0 Å². The van der Waals surface area contributed by atoms with Gasteiger partial charge in [-0.2, -0.15) is 0 Å². The predicted octanol–water partition coefficient (Wildman–Crippen LogP) is 3.09. The summed E-state index contributed by atoms with van der Waals surface area (Å²) in [5, 5.41) is 3.54. The van der Waals surface area contributed by atoms with E-state index < -0.39 is 0 Å². The van der Waals surface area contributed by atoms with Crippen molar-refractivity contribution in [2.24, 2.45) is 0 Å². The minimum atomic E-state index is 0.300. The van der Waals surface area contributed by atoms with Crippen LogP contribution in [0.2, 0.25) is 0 Å². The third-order valence-electron chi connectivity index (χ3n) is 3.82. The van der Waals surface area contributed by atoms with Crippen LogP contribution in [0, 0.1) is 6.92 Å². The summed E-state index contributed by atoms with van der Waals surface area (Å²) in [6.45, 7) is 6.04. The Morgan fingerprint density at radius 3 is 2.86 bits per heavy atom. The summed E-state index contributed by atoms with van der Waals surface area (Å²) in [5.41, 5.74) is 3.48. The van der Waals surface area contributed by atoms with E-state index in [1.54, 1.807) is 6.20 Å². The maximum absolute atomic E-state index is 4.59. The molecule has 1 aromatic carbocycles. The number of nitrogens with zero attached hydrogens (tertiary/aromatic N) is 3. The Morgan fingerprint density at radius 1 is 1.19 bits per heavy atom. The van der Waals surface area contributed by atoms with E-state index in [1.807, 2.05) is 18.3 Å². The molecular formula is C17H20N4. The molecule has 1 N–H and O–H groups in total. The predicted molar refractivity (Wildman–Crippen MR) is 85.1 cm³/mol. The number of aromatic nitrogens is 3. The molecule has 0 amide bonds. The van der Waals surface area contributed by atoms with Crippen LogP contribution in [0.5, 0.6) is 0 Å². The Hall–Kier alpha value is -2.20. The molecule has 4 heteroatoms. The van der Waals surface area contributed by atoms with Gasteiger partial charge in [0.05, 0.1) is 11.0 Å². The van der Waals surface area contributed by atoms with Crippen molar-refractivity contribution >= 4 is 11.0 Å². The first-order valence-corrected chi connectivity index (χ1v) is 7.31. The lowest BCUT2D eigenvalue weighted by atomic mass is 10.1. The molecule has 21 heavy (non-hydrogen) atoms. The highest BCUT2D eigenvalue weighted by atomic mass is 15.1. The Morgan fingerprint density at radius 2 is 2.05 bits per heavy atom. The molecule has 108 valence electrons. The molecule has 1 unspecified atom stereocenters. The fourth-order valence-electron chi connectivity index (χ4n) is 2.62. The molecule has 1 atom stereocenters. The molecule has 0 spiro atoms. The van der Waals surface area contributed by atoms with Crippen molar-refractivity contribution in [3.05, 3.63) is 60.2 Å². The number of rotatable bonds is 5. The third-order valence-corrected chi connectivity index (χ3v) is 3.82. The molecule has 2 aromatic heterocycles. The number of para-hydroxylation sites is 2. The third kappa shape index (κ3) is 2.95. The highest BCUT2D eigenvalue weighted by Crippen LogP contribution is 2.15. The first kappa shape index (κ1) is 13.8. The average Bonchev–Trinajstić information content (AvgIpc) is 2.84. The Bertz CT molecular complexity index is 718. The van der Waals surface area contributed by atoms with Gasteiger partial charge in [0, 0.05) is 31.5 Å². The zero-order chi connectivity index (χ0) is 14.7. The minimum Gasteiger partial charge on any atom is -0.327 e. The van der Waals surface area contributed by atoms with Gasteiger partial charge < -0.3 is 9.88 Å². The van der Waals surface area contributed by atoms with Crippen LogP contribution in [0.15, 0.2) is 48.8 Å². The maximum Gasteiger partial charge on any atom is 0.106 e. The first-order valence-electron chi connectivity index (χ1n) is 7.31. The van der Waals surface area contributed by atoms with Crippen molar-refractivity contribution < 1.29 is 0 Å². The fourth-order valence-corrected chi connectivity index (χ4v) is 2.62. The van der Waals surface area contributed by atoms with Gasteiger partial charge in [-0.3, -0.25) is 4.98 Å². The van der Waals surface area contributed by atoms with Gasteiger partial charge in [0.2, 0.25) is 0 Å². The molecule has 0 aliphatic heterocycles. The van der Waals surface area contributed by atoms with Gasteiger partial charge in [-0.15, -0.1) is 0 Å². The zero-order valence-electron chi connectivity index (χ0n) is 12.5. The largest absolute Gasteiger partial charge is 0.327 e.